The molecule has 1 heterocycles. The summed E-state index contributed by atoms with van der Waals surface area (Å²) in [5, 5.41) is 7.19. The lowest BCUT2D eigenvalue weighted by molar-refractivity contribution is 0.956. The molecule has 0 radical (unpaired) electrons. The summed E-state index contributed by atoms with van der Waals surface area (Å²) in [5.74, 6) is 1.02. The predicted octanol–water partition coefficient (Wildman–Crippen LogP) is 1.75. The van der Waals surface area contributed by atoms with Gasteiger partial charge in [-0.25, -0.2) is 0 Å². The zero-order valence-corrected chi connectivity index (χ0v) is 8.51. The SMILES string of the molecule is Clc1cccc(NCC2=NCCN2)c1. The Hall–Kier alpha value is -1.22. The van der Waals surface area contributed by atoms with E-state index in [2.05, 4.69) is 15.6 Å². The smallest absolute Gasteiger partial charge is 0.116 e. The quantitative estimate of drug-likeness (QED) is 0.796. The van der Waals surface area contributed by atoms with Crippen molar-refractivity contribution in [1.29, 1.82) is 0 Å². The average molecular weight is 210 g/mol. The molecule has 1 aliphatic rings. The molecule has 3 nitrogen and oxygen atoms in total. The third kappa shape index (κ3) is 2.39. The van der Waals surface area contributed by atoms with Crippen molar-refractivity contribution in [2.24, 2.45) is 4.99 Å². The zero-order chi connectivity index (χ0) is 9.80. The minimum absolute atomic E-state index is 0.736. The molecule has 0 saturated heterocycles. The minimum Gasteiger partial charge on any atom is -0.378 e. The highest BCUT2D eigenvalue weighted by atomic mass is 35.5. The summed E-state index contributed by atoms with van der Waals surface area (Å²) in [7, 11) is 0. The lowest BCUT2D eigenvalue weighted by Crippen LogP contribution is -2.26. The van der Waals surface area contributed by atoms with Gasteiger partial charge < -0.3 is 10.6 Å². The van der Waals surface area contributed by atoms with Gasteiger partial charge in [0.15, 0.2) is 0 Å². The van der Waals surface area contributed by atoms with Crippen molar-refractivity contribution < 1.29 is 0 Å². The Morgan fingerprint density at radius 3 is 3.14 bits per heavy atom. The fourth-order valence-electron chi connectivity index (χ4n) is 1.35. The van der Waals surface area contributed by atoms with Crippen LogP contribution in [0.3, 0.4) is 0 Å². The van der Waals surface area contributed by atoms with Gasteiger partial charge in [-0.15, -0.1) is 0 Å². The molecular weight excluding hydrogens is 198 g/mol. The number of nitrogens with zero attached hydrogens (tertiary/aromatic N) is 1. The van der Waals surface area contributed by atoms with Crippen LogP contribution in [0, 0.1) is 0 Å². The molecule has 0 atom stereocenters. The van der Waals surface area contributed by atoms with Crippen molar-refractivity contribution in [2.45, 2.75) is 0 Å². The average Bonchev–Trinajstić information content (AvgIpc) is 2.67. The van der Waals surface area contributed by atoms with Gasteiger partial charge in [0.05, 0.1) is 13.1 Å². The summed E-state index contributed by atoms with van der Waals surface area (Å²) in [5.41, 5.74) is 1.02. The van der Waals surface area contributed by atoms with E-state index in [9.17, 15) is 0 Å². The van der Waals surface area contributed by atoms with Gasteiger partial charge in [-0.3, -0.25) is 4.99 Å². The van der Waals surface area contributed by atoms with Crippen LogP contribution in [0.25, 0.3) is 0 Å². The highest BCUT2D eigenvalue weighted by molar-refractivity contribution is 6.30. The lowest BCUT2D eigenvalue weighted by Gasteiger charge is -2.06. The molecule has 2 N–H and O–H groups in total. The van der Waals surface area contributed by atoms with Crippen LogP contribution in [-0.4, -0.2) is 25.5 Å². The second-order valence-corrected chi connectivity index (χ2v) is 3.56. The Kier molecular flexibility index (Phi) is 2.89. The van der Waals surface area contributed by atoms with E-state index in [4.69, 9.17) is 11.6 Å². The minimum atomic E-state index is 0.736. The molecule has 0 bridgehead atoms. The van der Waals surface area contributed by atoms with Crippen molar-refractivity contribution in [3.05, 3.63) is 29.3 Å². The fourth-order valence-corrected chi connectivity index (χ4v) is 1.54. The summed E-state index contributed by atoms with van der Waals surface area (Å²) >= 11 is 5.85. The summed E-state index contributed by atoms with van der Waals surface area (Å²) in [6.45, 7) is 2.57. The van der Waals surface area contributed by atoms with E-state index < -0.39 is 0 Å². The van der Waals surface area contributed by atoms with E-state index >= 15 is 0 Å². The number of amidine groups is 1. The third-order valence-corrected chi connectivity index (χ3v) is 2.26. The molecule has 1 aromatic carbocycles. The molecule has 14 heavy (non-hydrogen) atoms. The highest BCUT2D eigenvalue weighted by Gasteiger charge is 2.03. The van der Waals surface area contributed by atoms with Crippen LogP contribution in [0.5, 0.6) is 0 Å². The van der Waals surface area contributed by atoms with E-state index in [1.807, 2.05) is 24.3 Å². The van der Waals surface area contributed by atoms with Crippen molar-refractivity contribution in [3.63, 3.8) is 0 Å². The van der Waals surface area contributed by atoms with Gasteiger partial charge in [0, 0.05) is 17.3 Å². The first kappa shape index (κ1) is 9.34. The molecule has 0 aromatic heterocycles. The van der Waals surface area contributed by atoms with Gasteiger partial charge >= 0.3 is 0 Å². The van der Waals surface area contributed by atoms with Gasteiger partial charge in [0.1, 0.15) is 5.84 Å². The van der Waals surface area contributed by atoms with E-state index in [0.717, 1.165) is 36.2 Å². The number of benzene rings is 1. The first-order chi connectivity index (χ1) is 6.84. The van der Waals surface area contributed by atoms with Crippen molar-refractivity contribution in [3.8, 4) is 0 Å². The molecule has 0 fully saturated rings. The second-order valence-electron chi connectivity index (χ2n) is 3.12. The normalized spacial score (nSPS) is 14.8. The summed E-state index contributed by atoms with van der Waals surface area (Å²) in [4.78, 5) is 4.28. The largest absolute Gasteiger partial charge is 0.378 e. The Balaban J connectivity index is 1.91. The van der Waals surface area contributed by atoms with Crippen LogP contribution >= 0.6 is 11.6 Å². The molecule has 0 aliphatic carbocycles. The number of aliphatic imine (C=N–C) groups is 1. The monoisotopic (exact) mass is 209 g/mol. The Morgan fingerprint density at radius 1 is 1.50 bits per heavy atom. The molecule has 74 valence electrons. The summed E-state index contributed by atoms with van der Waals surface area (Å²) in [6, 6.07) is 7.67. The maximum Gasteiger partial charge on any atom is 0.116 e. The van der Waals surface area contributed by atoms with Crippen LogP contribution in [0.15, 0.2) is 29.3 Å². The van der Waals surface area contributed by atoms with Crippen molar-refractivity contribution in [2.75, 3.05) is 25.0 Å². The van der Waals surface area contributed by atoms with Gasteiger partial charge in [-0.2, -0.15) is 0 Å². The Labute approximate surface area is 88.2 Å². The zero-order valence-electron chi connectivity index (χ0n) is 7.76. The van der Waals surface area contributed by atoms with E-state index in [1.54, 1.807) is 0 Å². The van der Waals surface area contributed by atoms with Crippen LogP contribution in [0.1, 0.15) is 0 Å². The third-order valence-electron chi connectivity index (χ3n) is 2.03. The van der Waals surface area contributed by atoms with Crippen molar-refractivity contribution in [1.82, 2.24) is 5.32 Å². The first-order valence-electron chi connectivity index (χ1n) is 4.61. The van der Waals surface area contributed by atoms with Crippen molar-refractivity contribution >= 4 is 23.1 Å². The van der Waals surface area contributed by atoms with Crippen LogP contribution in [0.4, 0.5) is 5.69 Å². The molecule has 4 heteroatoms. The first-order valence-corrected chi connectivity index (χ1v) is 4.99. The standard InChI is InChI=1S/C10H12ClN3/c11-8-2-1-3-9(6-8)14-7-10-12-4-5-13-10/h1-3,6,14H,4-5,7H2,(H,12,13). The number of hydrogen-bond acceptors (Lipinski definition) is 3. The molecule has 0 saturated carbocycles. The molecular formula is C10H12ClN3. The van der Waals surface area contributed by atoms with Gasteiger partial charge in [-0.05, 0) is 18.2 Å². The molecule has 0 amide bonds. The Morgan fingerprint density at radius 2 is 2.43 bits per heavy atom. The van der Waals surface area contributed by atoms with Crippen LogP contribution < -0.4 is 10.6 Å². The van der Waals surface area contributed by atoms with E-state index in [1.165, 1.54) is 0 Å². The second kappa shape index (κ2) is 4.33. The Bertz CT molecular complexity index is 349. The highest BCUT2D eigenvalue weighted by Crippen LogP contribution is 2.14. The maximum atomic E-state index is 5.85. The molecule has 0 unspecified atom stereocenters. The van der Waals surface area contributed by atoms with Crippen LogP contribution in [-0.2, 0) is 0 Å². The molecule has 0 spiro atoms. The van der Waals surface area contributed by atoms with E-state index in [-0.39, 0.29) is 0 Å². The van der Waals surface area contributed by atoms with Gasteiger partial charge in [0.2, 0.25) is 0 Å². The van der Waals surface area contributed by atoms with E-state index in [0.29, 0.717) is 0 Å². The maximum absolute atomic E-state index is 5.85. The van der Waals surface area contributed by atoms with Gasteiger partial charge in [-0.1, -0.05) is 17.7 Å². The summed E-state index contributed by atoms with van der Waals surface area (Å²) in [6.07, 6.45) is 0. The van der Waals surface area contributed by atoms with Gasteiger partial charge in [0.25, 0.3) is 0 Å². The predicted molar refractivity (Wildman–Crippen MR) is 60.2 cm³/mol. The van der Waals surface area contributed by atoms with Crippen LogP contribution in [0.2, 0.25) is 5.02 Å². The number of rotatable bonds is 3. The fraction of sp³-hybridized carbons (Fsp3) is 0.300. The number of nitrogens with one attached hydrogen (secondary N) is 2. The number of halogens is 1. The molecule has 1 aromatic rings. The topological polar surface area (TPSA) is 36.4 Å². The molecule has 2 rings (SSSR count). The summed E-state index contributed by atoms with van der Waals surface area (Å²) < 4.78 is 0. The lowest BCUT2D eigenvalue weighted by atomic mass is 10.3. The number of hydrogen-bond donors (Lipinski definition) is 2. The number of anilines is 1. The molecule has 1 aliphatic heterocycles.